The van der Waals surface area contributed by atoms with Crippen LogP contribution in [-0.2, 0) is 4.79 Å². The van der Waals surface area contributed by atoms with Gasteiger partial charge in [-0.1, -0.05) is 0 Å². The maximum absolute atomic E-state index is 12.4. The average molecular weight is 371 g/mol. The summed E-state index contributed by atoms with van der Waals surface area (Å²) in [5.41, 5.74) is 1.72. The number of hydrogen-bond acceptors (Lipinski definition) is 8. The summed E-state index contributed by atoms with van der Waals surface area (Å²) in [6, 6.07) is 3.98. The summed E-state index contributed by atoms with van der Waals surface area (Å²) in [4.78, 5) is 33.4. The molecule has 9 heteroatoms. The van der Waals surface area contributed by atoms with Crippen LogP contribution in [0, 0.1) is 13.8 Å². The normalized spacial score (nSPS) is 14.2. The summed E-state index contributed by atoms with van der Waals surface area (Å²) in [7, 11) is 0. The van der Waals surface area contributed by atoms with Crippen molar-refractivity contribution in [1.82, 2.24) is 24.8 Å². The number of nitrogens with zero attached hydrogens (tertiary/aromatic N) is 6. The van der Waals surface area contributed by atoms with Crippen molar-refractivity contribution < 1.29 is 9.53 Å². The van der Waals surface area contributed by atoms with E-state index in [0.29, 0.717) is 32.1 Å². The molecule has 1 fully saturated rings. The molecular weight excluding hydrogens is 346 g/mol. The Morgan fingerprint density at radius 3 is 2.63 bits per heavy atom. The Morgan fingerprint density at radius 2 is 1.93 bits per heavy atom. The van der Waals surface area contributed by atoms with E-state index in [1.54, 1.807) is 17.2 Å². The smallest absolute Gasteiger partial charge is 0.317 e. The maximum atomic E-state index is 12.4. The van der Waals surface area contributed by atoms with E-state index in [1.807, 2.05) is 26.8 Å². The van der Waals surface area contributed by atoms with E-state index in [-0.39, 0.29) is 18.5 Å². The monoisotopic (exact) mass is 371 g/mol. The molecule has 3 heterocycles. The van der Waals surface area contributed by atoms with E-state index in [9.17, 15) is 4.79 Å². The van der Waals surface area contributed by atoms with Crippen LogP contribution in [0.25, 0.3) is 0 Å². The Hall–Kier alpha value is -2.97. The van der Waals surface area contributed by atoms with Crippen LogP contribution in [0.5, 0.6) is 6.01 Å². The predicted molar refractivity (Wildman–Crippen MR) is 102 cm³/mol. The fourth-order valence-corrected chi connectivity index (χ4v) is 2.85. The number of aromatic nitrogens is 4. The molecule has 1 aliphatic rings. The topological polar surface area (TPSA) is 96.4 Å². The van der Waals surface area contributed by atoms with Gasteiger partial charge in [0.1, 0.15) is 5.82 Å². The van der Waals surface area contributed by atoms with Crippen molar-refractivity contribution in [1.29, 1.82) is 0 Å². The van der Waals surface area contributed by atoms with Gasteiger partial charge in [0.05, 0.1) is 0 Å². The molecule has 1 saturated heterocycles. The molecule has 0 saturated carbocycles. The fraction of sp³-hybridized carbons (Fsp3) is 0.500. The predicted octanol–water partition coefficient (Wildman–Crippen LogP) is 1.04. The number of amides is 1. The van der Waals surface area contributed by atoms with Crippen LogP contribution in [0.4, 0.5) is 11.8 Å². The first-order valence-electron chi connectivity index (χ1n) is 9.10. The van der Waals surface area contributed by atoms with E-state index in [0.717, 1.165) is 23.8 Å². The molecule has 0 unspecified atom stereocenters. The summed E-state index contributed by atoms with van der Waals surface area (Å²) >= 11 is 0. The first kappa shape index (κ1) is 18.8. The van der Waals surface area contributed by atoms with Gasteiger partial charge in [0, 0.05) is 56.4 Å². The van der Waals surface area contributed by atoms with Crippen molar-refractivity contribution in [2.45, 2.75) is 20.8 Å². The number of carbonyl (C=O) groups excluding carboxylic acids is 1. The van der Waals surface area contributed by atoms with E-state index in [1.165, 1.54) is 0 Å². The number of ether oxygens (including phenoxy) is 1. The second-order valence-corrected chi connectivity index (χ2v) is 6.36. The molecular formula is C18H25N7O2. The standard InChI is InChI=1S/C18H25N7O2/c1-4-19-17-21-14(3)11-15(23-17)24-7-9-25(10-8-24)16(26)12-27-18-20-6-5-13(2)22-18/h5-6,11H,4,7-10,12H2,1-3H3,(H,19,21,23). The molecule has 1 N–H and O–H groups in total. The van der Waals surface area contributed by atoms with Crippen molar-refractivity contribution in [2.75, 3.05) is 49.5 Å². The minimum absolute atomic E-state index is 0.0549. The Kier molecular flexibility index (Phi) is 6.00. The molecule has 0 aromatic carbocycles. The summed E-state index contributed by atoms with van der Waals surface area (Å²) in [6.45, 7) is 9.22. The van der Waals surface area contributed by atoms with Gasteiger partial charge in [-0.15, -0.1) is 0 Å². The highest BCUT2D eigenvalue weighted by molar-refractivity contribution is 5.78. The molecule has 1 aliphatic heterocycles. The highest BCUT2D eigenvalue weighted by Gasteiger charge is 2.23. The van der Waals surface area contributed by atoms with Crippen LogP contribution >= 0.6 is 0 Å². The summed E-state index contributed by atoms with van der Waals surface area (Å²) < 4.78 is 5.42. The van der Waals surface area contributed by atoms with Gasteiger partial charge in [0.25, 0.3) is 5.91 Å². The van der Waals surface area contributed by atoms with E-state index >= 15 is 0 Å². The van der Waals surface area contributed by atoms with Crippen LogP contribution in [0.1, 0.15) is 18.3 Å². The molecule has 0 aliphatic carbocycles. The number of rotatable bonds is 6. The highest BCUT2D eigenvalue weighted by Crippen LogP contribution is 2.17. The lowest BCUT2D eigenvalue weighted by Crippen LogP contribution is -2.50. The number of hydrogen-bond donors (Lipinski definition) is 1. The van der Waals surface area contributed by atoms with Crippen molar-refractivity contribution in [3.05, 3.63) is 29.7 Å². The minimum Gasteiger partial charge on any atom is -0.453 e. The van der Waals surface area contributed by atoms with Crippen LogP contribution < -0.4 is 15.0 Å². The van der Waals surface area contributed by atoms with E-state index in [2.05, 4.69) is 30.2 Å². The zero-order valence-corrected chi connectivity index (χ0v) is 16.0. The summed E-state index contributed by atoms with van der Waals surface area (Å²) in [5.74, 6) is 1.46. The molecule has 144 valence electrons. The molecule has 1 amide bonds. The Morgan fingerprint density at radius 1 is 1.15 bits per heavy atom. The molecule has 3 rings (SSSR count). The third-order valence-corrected chi connectivity index (χ3v) is 4.23. The molecule has 0 spiro atoms. The van der Waals surface area contributed by atoms with Crippen LogP contribution in [0.15, 0.2) is 18.3 Å². The SMILES string of the molecule is CCNc1nc(C)cc(N2CCN(C(=O)COc3nccc(C)n3)CC2)n1. The Bertz CT molecular complexity index is 791. The minimum atomic E-state index is -0.0630. The molecule has 2 aromatic heterocycles. The molecule has 9 nitrogen and oxygen atoms in total. The number of anilines is 2. The van der Waals surface area contributed by atoms with Crippen molar-refractivity contribution >= 4 is 17.7 Å². The largest absolute Gasteiger partial charge is 0.453 e. The quantitative estimate of drug-likeness (QED) is 0.805. The Labute approximate surface area is 158 Å². The molecule has 0 atom stereocenters. The molecule has 27 heavy (non-hydrogen) atoms. The van der Waals surface area contributed by atoms with Gasteiger partial charge >= 0.3 is 6.01 Å². The number of piperazine rings is 1. The van der Waals surface area contributed by atoms with Gasteiger partial charge < -0.3 is 19.9 Å². The van der Waals surface area contributed by atoms with Gasteiger partial charge in [-0.25, -0.2) is 15.0 Å². The highest BCUT2D eigenvalue weighted by atomic mass is 16.5. The third-order valence-electron chi connectivity index (χ3n) is 4.23. The zero-order chi connectivity index (χ0) is 19.2. The summed E-state index contributed by atoms with van der Waals surface area (Å²) in [5, 5.41) is 3.15. The molecule has 0 bridgehead atoms. The van der Waals surface area contributed by atoms with Crippen molar-refractivity contribution in [2.24, 2.45) is 0 Å². The van der Waals surface area contributed by atoms with Crippen LogP contribution in [0.2, 0.25) is 0 Å². The zero-order valence-electron chi connectivity index (χ0n) is 16.0. The first-order valence-corrected chi connectivity index (χ1v) is 9.10. The number of nitrogens with one attached hydrogen (secondary N) is 1. The Balaban J connectivity index is 1.53. The van der Waals surface area contributed by atoms with Crippen molar-refractivity contribution in [3.63, 3.8) is 0 Å². The molecule has 2 aromatic rings. The van der Waals surface area contributed by atoms with E-state index in [4.69, 9.17) is 4.74 Å². The maximum Gasteiger partial charge on any atom is 0.317 e. The average Bonchev–Trinajstić information content (AvgIpc) is 2.66. The lowest BCUT2D eigenvalue weighted by molar-refractivity contribution is -0.133. The fourth-order valence-electron chi connectivity index (χ4n) is 2.85. The van der Waals surface area contributed by atoms with Gasteiger partial charge in [-0.2, -0.15) is 4.98 Å². The van der Waals surface area contributed by atoms with E-state index < -0.39 is 0 Å². The van der Waals surface area contributed by atoms with Crippen LogP contribution in [0.3, 0.4) is 0 Å². The summed E-state index contributed by atoms with van der Waals surface area (Å²) in [6.07, 6.45) is 1.62. The van der Waals surface area contributed by atoms with Gasteiger partial charge in [0.15, 0.2) is 6.61 Å². The second kappa shape index (κ2) is 8.61. The first-order chi connectivity index (χ1) is 13.0. The van der Waals surface area contributed by atoms with Gasteiger partial charge in [-0.05, 0) is 26.8 Å². The number of aryl methyl sites for hydroxylation is 2. The lowest BCUT2D eigenvalue weighted by atomic mass is 10.3. The van der Waals surface area contributed by atoms with Crippen molar-refractivity contribution in [3.8, 4) is 6.01 Å². The van der Waals surface area contributed by atoms with Crippen LogP contribution in [-0.4, -0.2) is 70.1 Å². The lowest BCUT2D eigenvalue weighted by Gasteiger charge is -2.35. The number of carbonyl (C=O) groups is 1. The van der Waals surface area contributed by atoms with Gasteiger partial charge in [-0.3, -0.25) is 4.79 Å². The molecule has 0 radical (unpaired) electrons. The third kappa shape index (κ3) is 5.02. The van der Waals surface area contributed by atoms with Gasteiger partial charge in [0.2, 0.25) is 5.95 Å². The second-order valence-electron chi connectivity index (χ2n) is 6.36.